The van der Waals surface area contributed by atoms with E-state index in [0.717, 1.165) is 16.7 Å². The summed E-state index contributed by atoms with van der Waals surface area (Å²) in [7, 11) is 1.59. The normalized spacial score (nSPS) is 10.7. The summed E-state index contributed by atoms with van der Waals surface area (Å²) < 4.78 is 13.6. The topological polar surface area (TPSA) is 64.1 Å². The molecule has 9 heteroatoms. The van der Waals surface area contributed by atoms with Gasteiger partial charge in [0.25, 0.3) is 0 Å². The van der Waals surface area contributed by atoms with Crippen LogP contribution in [0.25, 0.3) is 11.4 Å². The fourth-order valence-electron chi connectivity index (χ4n) is 3.12. The molecular formula is C23H20Cl2N4O2S. The Morgan fingerprint density at radius 3 is 2.50 bits per heavy atom. The maximum absolute atomic E-state index is 6.55. The van der Waals surface area contributed by atoms with Crippen molar-refractivity contribution in [2.75, 3.05) is 12.5 Å². The number of rotatable bonds is 8. The maximum Gasteiger partial charge on any atom is 0.214 e. The molecule has 0 aliphatic rings. The van der Waals surface area contributed by atoms with Crippen LogP contribution in [0.5, 0.6) is 11.5 Å². The van der Waals surface area contributed by atoms with Crippen molar-refractivity contribution in [2.45, 2.75) is 13.2 Å². The summed E-state index contributed by atoms with van der Waals surface area (Å²) in [6.07, 6.45) is 0. The van der Waals surface area contributed by atoms with E-state index in [1.165, 1.54) is 0 Å². The van der Waals surface area contributed by atoms with E-state index in [1.807, 2.05) is 60.7 Å². The molecule has 164 valence electrons. The largest absolute Gasteiger partial charge is 0.493 e. The number of aromatic nitrogens is 3. The molecule has 2 N–H and O–H groups in total. The fourth-order valence-corrected chi connectivity index (χ4v) is 3.66. The van der Waals surface area contributed by atoms with Gasteiger partial charge in [-0.25, -0.2) is 9.77 Å². The van der Waals surface area contributed by atoms with Gasteiger partial charge in [0.1, 0.15) is 6.61 Å². The lowest BCUT2D eigenvalue weighted by molar-refractivity contribution is 0.284. The molecule has 0 amide bonds. The number of hydrogen-bond donors (Lipinski definition) is 2. The third kappa shape index (κ3) is 5.07. The summed E-state index contributed by atoms with van der Waals surface area (Å²) in [6.45, 7) is 0.770. The molecule has 3 aromatic carbocycles. The molecule has 0 saturated carbocycles. The highest BCUT2D eigenvalue weighted by molar-refractivity contribution is 7.71. The third-order valence-electron chi connectivity index (χ3n) is 4.77. The van der Waals surface area contributed by atoms with E-state index in [-0.39, 0.29) is 0 Å². The second-order valence-electron chi connectivity index (χ2n) is 6.90. The molecule has 0 atom stereocenters. The molecule has 6 nitrogen and oxygen atoms in total. The zero-order valence-electron chi connectivity index (χ0n) is 17.1. The Morgan fingerprint density at radius 2 is 1.78 bits per heavy atom. The highest BCUT2D eigenvalue weighted by Crippen LogP contribution is 2.34. The van der Waals surface area contributed by atoms with Gasteiger partial charge in [-0.05, 0) is 41.5 Å². The van der Waals surface area contributed by atoms with Gasteiger partial charge < -0.3 is 14.9 Å². The van der Waals surface area contributed by atoms with E-state index < -0.39 is 0 Å². The SMILES string of the molecule is COc1cc(CNn2c(-c3ccccc3)n[nH]c2=S)c(Cl)cc1OCc1ccc(Cl)cc1. The summed E-state index contributed by atoms with van der Waals surface area (Å²) in [5, 5.41) is 8.37. The van der Waals surface area contributed by atoms with Crippen LogP contribution < -0.4 is 14.9 Å². The zero-order chi connectivity index (χ0) is 22.5. The van der Waals surface area contributed by atoms with E-state index in [9.17, 15) is 0 Å². The van der Waals surface area contributed by atoms with E-state index >= 15 is 0 Å². The van der Waals surface area contributed by atoms with E-state index in [2.05, 4.69) is 15.6 Å². The van der Waals surface area contributed by atoms with E-state index in [1.54, 1.807) is 17.9 Å². The lowest BCUT2D eigenvalue weighted by Crippen LogP contribution is -2.16. The average molecular weight is 487 g/mol. The van der Waals surface area contributed by atoms with Gasteiger partial charge in [0.05, 0.1) is 13.7 Å². The number of H-pyrrole nitrogens is 1. The smallest absolute Gasteiger partial charge is 0.214 e. The summed E-state index contributed by atoms with van der Waals surface area (Å²) in [5.74, 6) is 1.82. The van der Waals surface area contributed by atoms with Crippen LogP contribution in [-0.2, 0) is 13.2 Å². The van der Waals surface area contributed by atoms with Crippen molar-refractivity contribution >= 4 is 35.4 Å². The Morgan fingerprint density at radius 1 is 1.03 bits per heavy atom. The van der Waals surface area contributed by atoms with Crippen molar-refractivity contribution in [1.82, 2.24) is 14.9 Å². The first-order valence-electron chi connectivity index (χ1n) is 9.75. The van der Waals surface area contributed by atoms with Gasteiger partial charge in [-0.2, -0.15) is 5.10 Å². The predicted molar refractivity (Wildman–Crippen MR) is 130 cm³/mol. The minimum atomic E-state index is 0.367. The van der Waals surface area contributed by atoms with Crippen LogP contribution >= 0.6 is 35.4 Å². The molecule has 1 aromatic heterocycles. The van der Waals surface area contributed by atoms with Crippen molar-refractivity contribution in [1.29, 1.82) is 0 Å². The number of nitrogens with zero attached hydrogens (tertiary/aromatic N) is 2. The van der Waals surface area contributed by atoms with Crippen molar-refractivity contribution in [3.8, 4) is 22.9 Å². The van der Waals surface area contributed by atoms with Crippen LogP contribution in [0.2, 0.25) is 10.0 Å². The molecule has 32 heavy (non-hydrogen) atoms. The number of ether oxygens (including phenoxy) is 2. The van der Waals surface area contributed by atoms with E-state index in [0.29, 0.717) is 45.3 Å². The Bertz CT molecular complexity index is 1260. The van der Waals surface area contributed by atoms with Crippen LogP contribution in [0, 0.1) is 4.77 Å². The highest BCUT2D eigenvalue weighted by atomic mass is 35.5. The van der Waals surface area contributed by atoms with Gasteiger partial charge in [0, 0.05) is 21.7 Å². The second-order valence-corrected chi connectivity index (χ2v) is 8.13. The third-order valence-corrected chi connectivity index (χ3v) is 5.65. The van der Waals surface area contributed by atoms with E-state index in [4.69, 9.17) is 44.9 Å². The molecule has 0 saturated heterocycles. The van der Waals surface area contributed by atoms with Gasteiger partial charge in [-0.3, -0.25) is 0 Å². The molecule has 0 unspecified atom stereocenters. The van der Waals surface area contributed by atoms with Crippen molar-refractivity contribution in [3.05, 3.63) is 92.7 Å². The first-order valence-corrected chi connectivity index (χ1v) is 10.9. The number of aromatic amines is 1. The average Bonchev–Trinajstić information content (AvgIpc) is 3.18. The van der Waals surface area contributed by atoms with Crippen LogP contribution in [-0.4, -0.2) is 22.0 Å². The van der Waals surface area contributed by atoms with Gasteiger partial charge in [-0.15, -0.1) is 0 Å². The maximum atomic E-state index is 6.55. The molecule has 0 aliphatic carbocycles. The second kappa shape index (κ2) is 10.1. The van der Waals surface area contributed by atoms with Gasteiger partial charge in [0.15, 0.2) is 17.3 Å². The van der Waals surface area contributed by atoms with Crippen LogP contribution in [0.1, 0.15) is 11.1 Å². The Hall–Kier alpha value is -3.00. The van der Waals surface area contributed by atoms with Crippen molar-refractivity contribution in [3.63, 3.8) is 0 Å². The predicted octanol–water partition coefficient (Wildman–Crippen LogP) is 6.25. The summed E-state index contributed by atoms with van der Waals surface area (Å²) >= 11 is 17.9. The molecule has 0 spiro atoms. The standard InChI is InChI=1S/C23H20Cl2N4O2S/c1-30-20-11-17(19(25)12-21(20)31-14-15-7-9-18(24)10-8-15)13-26-29-22(27-28-23(29)32)16-5-3-2-4-6-16/h2-12,26H,13-14H2,1H3,(H,28,32). The first kappa shape index (κ1) is 22.2. The number of nitrogens with one attached hydrogen (secondary N) is 2. The lowest BCUT2D eigenvalue weighted by Gasteiger charge is -2.15. The minimum Gasteiger partial charge on any atom is -0.493 e. The quantitative estimate of drug-likeness (QED) is 0.288. The number of methoxy groups -OCH3 is 1. The van der Waals surface area contributed by atoms with Gasteiger partial charge in [0.2, 0.25) is 4.77 Å². The summed E-state index contributed by atoms with van der Waals surface area (Å²) in [4.78, 5) is 0. The molecule has 4 aromatic rings. The molecule has 0 fully saturated rings. The lowest BCUT2D eigenvalue weighted by atomic mass is 10.2. The number of hydrogen-bond acceptors (Lipinski definition) is 5. The van der Waals surface area contributed by atoms with Gasteiger partial charge >= 0.3 is 0 Å². The Kier molecular flexibility index (Phi) is 6.99. The molecular weight excluding hydrogens is 467 g/mol. The zero-order valence-corrected chi connectivity index (χ0v) is 19.5. The molecule has 1 heterocycles. The Labute approximate surface area is 200 Å². The van der Waals surface area contributed by atoms with Crippen LogP contribution in [0.15, 0.2) is 66.7 Å². The fraction of sp³-hybridized carbons (Fsp3) is 0.130. The van der Waals surface area contributed by atoms with Crippen molar-refractivity contribution < 1.29 is 9.47 Å². The molecule has 4 rings (SSSR count). The first-order chi connectivity index (χ1) is 15.5. The molecule has 0 aliphatic heterocycles. The van der Waals surface area contributed by atoms with Gasteiger partial charge in [-0.1, -0.05) is 65.7 Å². The molecule has 0 radical (unpaired) electrons. The van der Waals surface area contributed by atoms with Crippen LogP contribution in [0.3, 0.4) is 0 Å². The monoisotopic (exact) mass is 486 g/mol. The Balaban J connectivity index is 1.51. The highest BCUT2D eigenvalue weighted by Gasteiger charge is 2.13. The number of benzene rings is 3. The molecule has 0 bridgehead atoms. The minimum absolute atomic E-state index is 0.367. The van der Waals surface area contributed by atoms with Crippen molar-refractivity contribution in [2.24, 2.45) is 0 Å². The summed E-state index contributed by atoms with van der Waals surface area (Å²) in [6, 6.07) is 20.8. The number of halogens is 2. The summed E-state index contributed by atoms with van der Waals surface area (Å²) in [5.41, 5.74) is 6.02. The van der Waals surface area contributed by atoms with Crippen LogP contribution in [0.4, 0.5) is 0 Å².